The third-order valence-electron chi connectivity index (χ3n) is 3.49. The third kappa shape index (κ3) is 2.42. The summed E-state index contributed by atoms with van der Waals surface area (Å²) in [6, 6.07) is 4.39. The van der Waals surface area contributed by atoms with Gasteiger partial charge in [0.25, 0.3) is 0 Å². The average Bonchev–Trinajstić information content (AvgIpc) is 3.11. The summed E-state index contributed by atoms with van der Waals surface area (Å²) in [4.78, 5) is 0.481. The van der Waals surface area contributed by atoms with Crippen molar-refractivity contribution in [3.8, 4) is 0 Å². The highest BCUT2D eigenvalue weighted by Gasteiger charge is 2.27. The molecule has 0 unspecified atom stereocenters. The minimum absolute atomic E-state index is 0.481. The van der Waals surface area contributed by atoms with Crippen LogP contribution >= 0.6 is 12.2 Å². The number of hydrogen-bond acceptors (Lipinski definition) is 1. The molecule has 0 spiro atoms. The summed E-state index contributed by atoms with van der Waals surface area (Å²) in [7, 11) is 0. The van der Waals surface area contributed by atoms with E-state index in [0.717, 1.165) is 17.9 Å². The maximum atomic E-state index is 5.77. The van der Waals surface area contributed by atoms with Crippen LogP contribution in [0.5, 0.6) is 0 Å². The number of allylic oxidation sites excluding steroid dienone is 1. The van der Waals surface area contributed by atoms with E-state index in [0.29, 0.717) is 4.99 Å². The molecule has 1 aliphatic rings. The van der Waals surface area contributed by atoms with E-state index in [4.69, 9.17) is 18.0 Å². The first-order valence-corrected chi connectivity index (χ1v) is 6.58. The van der Waals surface area contributed by atoms with Crippen LogP contribution in [0.25, 0.3) is 5.57 Å². The molecule has 2 rings (SSSR count). The Kier molecular flexibility index (Phi) is 3.34. The van der Waals surface area contributed by atoms with Crippen LogP contribution in [0.15, 0.2) is 18.7 Å². The van der Waals surface area contributed by atoms with Crippen molar-refractivity contribution in [1.29, 1.82) is 0 Å². The molecule has 17 heavy (non-hydrogen) atoms. The smallest absolute Gasteiger partial charge is 0.104 e. The van der Waals surface area contributed by atoms with Gasteiger partial charge >= 0.3 is 0 Å². The Balaban J connectivity index is 2.55. The molecule has 0 saturated heterocycles. The SMILES string of the molecule is C=C(CC)c1cc(C(N)=S)c(C)cc1C1CC1. The van der Waals surface area contributed by atoms with Gasteiger partial charge in [0.05, 0.1) is 0 Å². The minimum atomic E-state index is 0.481. The Morgan fingerprint density at radius 1 is 1.41 bits per heavy atom. The van der Waals surface area contributed by atoms with Crippen molar-refractivity contribution in [2.24, 2.45) is 5.73 Å². The van der Waals surface area contributed by atoms with Crippen molar-refractivity contribution >= 4 is 22.8 Å². The maximum Gasteiger partial charge on any atom is 0.104 e. The standard InChI is InChI=1S/C15H19NS/c1-4-9(2)12-8-13(15(16)17)10(3)7-14(12)11-5-6-11/h7-8,11H,2,4-6H2,1,3H3,(H2,16,17). The fraction of sp³-hybridized carbons (Fsp3) is 0.400. The number of hydrogen-bond donors (Lipinski definition) is 1. The highest BCUT2D eigenvalue weighted by Crippen LogP contribution is 2.44. The van der Waals surface area contributed by atoms with Crippen LogP contribution in [0.3, 0.4) is 0 Å². The van der Waals surface area contributed by atoms with Gasteiger partial charge in [-0.2, -0.15) is 0 Å². The van der Waals surface area contributed by atoms with E-state index < -0.39 is 0 Å². The Morgan fingerprint density at radius 3 is 2.53 bits per heavy atom. The predicted molar refractivity (Wildman–Crippen MR) is 78.4 cm³/mol. The van der Waals surface area contributed by atoms with Gasteiger partial charge in [-0.25, -0.2) is 0 Å². The van der Waals surface area contributed by atoms with Crippen molar-refractivity contribution < 1.29 is 0 Å². The maximum absolute atomic E-state index is 5.77. The molecule has 0 heterocycles. The largest absolute Gasteiger partial charge is 0.389 e. The molecule has 0 aliphatic heterocycles. The van der Waals surface area contributed by atoms with E-state index in [-0.39, 0.29) is 0 Å². The summed E-state index contributed by atoms with van der Waals surface area (Å²) in [5.74, 6) is 0.729. The molecule has 0 atom stereocenters. The second-order valence-electron chi connectivity index (χ2n) is 4.85. The quantitative estimate of drug-likeness (QED) is 0.813. The van der Waals surface area contributed by atoms with Crippen molar-refractivity contribution in [2.75, 3.05) is 0 Å². The monoisotopic (exact) mass is 245 g/mol. The van der Waals surface area contributed by atoms with E-state index in [1.807, 2.05) is 0 Å². The first kappa shape index (κ1) is 12.3. The van der Waals surface area contributed by atoms with E-state index in [1.54, 1.807) is 0 Å². The van der Waals surface area contributed by atoms with Crippen molar-refractivity contribution in [3.63, 3.8) is 0 Å². The molecule has 0 amide bonds. The lowest BCUT2D eigenvalue weighted by atomic mass is 9.91. The number of aryl methyl sites for hydroxylation is 1. The van der Waals surface area contributed by atoms with E-state index in [1.165, 1.54) is 35.1 Å². The Bertz CT molecular complexity index is 484. The van der Waals surface area contributed by atoms with Crippen LogP contribution in [0.2, 0.25) is 0 Å². The van der Waals surface area contributed by atoms with E-state index in [2.05, 4.69) is 32.6 Å². The summed E-state index contributed by atoms with van der Waals surface area (Å²) in [5.41, 5.74) is 11.8. The molecule has 1 aromatic carbocycles. The zero-order valence-corrected chi connectivity index (χ0v) is 11.4. The van der Waals surface area contributed by atoms with Gasteiger partial charge in [0.1, 0.15) is 4.99 Å². The number of thiocarbonyl (C=S) groups is 1. The zero-order valence-electron chi connectivity index (χ0n) is 10.5. The molecule has 2 heteroatoms. The van der Waals surface area contributed by atoms with Crippen LogP contribution in [0, 0.1) is 6.92 Å². The van der Waals surface area contributed by atoms with Crippen LogP contribution < -0.4 is 5.73 Å². The van der Waals surface area contributed by atoms with Gasteiger partial charge in [-0.15, -0.1) is 0 Å². The van der Waals surface area contributed by atoms with Crippen LogP contribution in [0.4, 0.5) is 0 Å². The Morgan fingerprint density at radius 2 is 2.06 bits per heavy atom. The third-order valence-corrected chi connectivity index (χ3v) is 3.71. The van der Waals surface area contributed by atoms with Gasteiger partial charge in [-0.05, 0) is 60.4 Å². The van der Waals surface area contributed by atoms with Gasteiger partial charge in [0.15, 0.2) is 0 Å². The van der Waals surface area contributed by atoms with Crippen molar-refractivity contribution in [3.05, 3.63) is 41.0 Å². The lowest BCUT2D eigenvalue weighted by molar-refractivity contribution is 1.09. The molecule has 2 N–H and O–H groups in total. The minimum Gasteiger partial charge on any atom is -0.389 e. The molecular formula is C15H19NS. The number of benzene rings is 1. The van der Waals surface area contributed by atoms with Crippen molar-refractivity contribution in [1.82, 2.24) is 0 Å². The molecule has 1 nitrogen and oxygen atoms in total. The molecule has 0 aromatic heterocycles. The first-order chi connectivity index (χ1) is 8.04. The topological polar surface area (TPSA) is 26.0 Å². The summed E-state index contributed by atoms with van der Waals surface area (Å²) in [6.07, 6.45) is 3.57. The zero-order chi connectivity index (χ0) is 12.6. The number of rotatable bonds is 4. The fourth-order valence-electron chi connectivity index (χ4n) is 2.22. The molecular weight excluding hydrogens is 226 g/mol. The summed E-state index contributed by atoms with van der Waals surface area (Å²) < 4.78 is 0. The lowest BCUT2D eigenvalue weighted by Crippen LogP contribution is -2.12. The summed E-state index contributed by atoms with van der Waals surface area (Å²) in [6.45, 7) is 8.38. The Hall–Kier alpha value is -1.15. The highest BCUT2D eigenvalue weighted by molar-refractivity contribution is 7.80. The van der Waals surface area contributed by atoms with Gasteiger partial charge in [0.2, 0.25) is 0 Å². The van der Waals surface area contributed by atoms with Gasteiger partial charge < -0.3 is 5.73 Å². The fourth-order valence-corrected chi connectivity index (χ4v) is 2.44. The van der Waals surface area contributed by atoms with Crippen LogP contribution in [-0.2, 0) is 0 Å². The second-order valence-corrected chi connectivity index (χ2v) is 5.29. The lowest BCUT2D eigenvalue weighted by Gasteiger charge is -2.15. The summed E-state index contributed by atoms with van der Waals surface area (Å²) in [5, 5.41) is 0. The second kappa shape index (κ2) is 4.61. The molecule has 1 saturated carbocycles. The molecule has 1 fully saturated rings. The highest BCUT2D eigenvalue weighted by atomic mass is 32.1. The predicted octanol–water partition coefficient (Wildman–Crippen LogP) is 3.93. The number of nitrogens with two attached hydrogens (primary N) is 1. The molecule has 0 radical (unpaired) electrons. The van der Waals surface area contributed by atoms with Crippen LogP contribution in [0.1, 0.15) is 54.4 Å². The molecule has 1 aliphatic carbocycles. The first-order valence-electron chi connectivity index (χ1n) is 6.17. The van der Waals surface area contributed by atoms with Gasteiger partial charge in [0, 0.05) is 5.56 Å². The van der Waals surface area contributed by atoms with Crippen LogP contribution in [-0.4, -0.2) is 4.99 Å². The van der Waals surface area contributed by atoms with Gasteiger partial charge in [-0.1, -0.05) is 31.8 Å². The van der Waals surface area contributed by atoms with Gasteiger partial charge in [-0.3, -0.25) is 0 Å². The van der Waals surface area contributed by atoms with E-state index in [9.17, 15) is 0 Å². The van der Waals surface area contributed by atoms with E-state index >= 15 is 0 Å². The normalized spacial score (nSPS) is 14.7. The van der Waals surface area contributed by atoms with Crippen molar-refractivity contribution in [2.45, 2.75) is 39.0 Å². The molecule has 90 valence electrons. The summed E-state index contributed by atoms with van der Waals surface area (Å²) >= 11 is 5.10. The molecule has 0 bridgehead atoms. The average molecular weight is 245 g/mol. The Labute approximate surface area is 109 Å². The molecule has 1 aromatic rings.